The minimum absolute atomic E-state index is 0.0308. The van der Waals surface area contributed by atoms with Crippen molar-refractivity contribution < 1.29 is 23.5 Å². The third kappa shape index (κ3) is 9.73. The van der Waals surface area contributed by atoms with Crippen LogP contribution in [-0.4, -0.2) is 50.5 Å². The van der Waals surface area contributed by atoms with E-state index < -0.39 is 43.9 Å². The molecular formula is C29H50N3O5Si. The fourth-order valence-corrected chi connectivity index (χ4v) is 10.4. The molecule has 0 fully saturated rings. The zero-order valence-corrected chi connectivity index (χ0v) is 26.2. The molecule has 0 aliphatic carbocycles. The van der Waals surface area contributed by atoms with E-state index in [1.54, 1.807) is 45.0 Å². The molecule has 38 heavy (non-hydrogen) atoms. The fraction of sp³-hybridized carbons (Fsp3) is 0.655. The number of hydrogen-bond donors (Lipinski definition) is 3. The molecule has 0 aromatic heterocycles. The lowest BCUT2D eigenvalue weighted by Gasteiger charge is -2.43. The van der Waals surface area contributed by atoms with Gasteiger partial charge in [0.05, 0.1) is 6.61 Å². The van der Waals surface area contributed by atoms with Gasteiger partial charge in [0, 0.05) is 5.69 Å². The summed E-state index contributed by atoms with van der Waals surface area (Å²) in [6.45, 7) is 25.8. The summed E-state index contributed by atoms with van der Waals surface area (Å²) >= 11 is 0. The average Bonchev–Trinajstić information content (AvgIpc) is 2.76. The van der Waals surface area contributed by atoms with Crippen molar-refractivity contribution in [1.29, 1.82) is 0 Å². The van der Waals surface area contributed by atoms with Gasteiger partial charge in [-0.1, -0.05) is 67.5 Å². The van der Waals surface area contributed by atoms with Gasteiger partial charge in [0.25, 0.3) is 0 Å². The maximum atomic E-state index is 13.4. The molecule has 0 bridgehead atoms. The lowest BCUT2D eigenvalue weighted by molar-refractivity contribution is -0.129. The van der Waals surface area contributed by atoms with E-state index in [1.807, 2.05) is 13.8 Å². The van der Waals surface area contributed by atoms with E-state index in [1.165, 1.54) is 0 Å². The van der Waals surface area contributed by atoms with Crippen molar-refractivity contribution in [3.63, 3.8) is 0 Å². The number of benzene rings is 1. The van der Waals surface area contributed by atoms with Crippen molar-refractivity contribution in [2.24, 2.45) is 5.92 Å². The molecule has 0 saturated carbocycles. The van der Waals surface area contributed by atoms with Crippen LogP contribution in [0.4, 0.5) is 10.5 Å². The Hall–Kier alpha value is -2.39. The maximum Gasteiger partial charge on any atom is 0.408 e. The van der Waals surface area contributed by atoms with Gasteiger partial charge in [0.15, 0.2) is 8.32 Å². The van der Waals surface area contributed by atoms with Crippen molar-refractivity contribution in [1.82, 2.24) is 10.6 Å². The van der Waals surface area contributed by atoms with Gasteiger partial charge in [0.1, 0.15) is 17.7 Å². The van der Waals surface area contributed by atoms with Crippen LogP contribution in [0.2, 0.25) is 16.6 Å². The van der Waals surface area contributed by atoms with Crippen LogP contribution in [0.1, 0.15) is 81.7 Å². The van der Waals surface area contributed by atoms with E-state index in [0.29, 0.717) is 22.3 Å². The number of nitrogens with one attached hydrogen (secondary N) is 3. The Morgan fingerprint density at radius 2 is 1.34 bits per heavy atom. The SMILES string of the molecule is [CH2]c1ccc(NC(=O)[C@H](CO[Si](C(C)C)(C(C)C)C(C)C)NC(=O)[C@@H](NC(=O)OC(C)(C)C)C(C)C)cc1. The summed E-state index contributed by atoms with van der Waals surface area (Å²) in [7, 11) is -2.32. The van der Waals surface area contributed by atoms with Gasteiger partial charge in [-0.05, 0) is 67.9 Å². The van der Waals surface area contributed by atoms with Crippen molar-refractivity contribution in [2.45, 2.75) is 110 Å². The number of hydrogen-bond acceptors (Lipinski definition) is 5. The van der Waals surface area contributed by atoms with Crippen molar-refractivity contribution in [3.05, 3.63) is 36.8 Å². The number of anilines is 1. The first-order chi connectivity index (χ1) is 17.4. The normalized spacial score (nSPS) is 14.0. The Morgan fingerprint density at radius 3 is 1.76 bits per heavy atom. The minimum Gasteiger partial charge on any atom is -0.444 e. The summed E-state index contributed by atoms with van der Waals surface area (Å²) in [5.41, 5.74) is 1.64. The highest BCUT2D eigenvalue weighted by atomic mass is 28.4. The molecule has 2 atom stereocenters. The topological polar surface area (TPSA) is 106 Å². The Kier molecular flexibility index (Phi) is 12.5. The van der Waals surface area contributed by atoms with Crippen LogP contribution in [0, 0.1) is 12.8 Å². The van der Waals surface area contributed by atoms with Crippen LogP contribution in [0.15, 0.2) is 24.3 Å². The van der Waals surface area contributed by atoms with Crippen molar-refractivity contribution >= 4 is 31.9 Å². The highest BCUT2D eigenvalue weighted by molar-refractivity contribution is 6.77. The van der Waals surface area contributed by atoms with Crippen LogP contribution in [0.5, 0.6) is 0 Å². The maximum absolute atomic E-state index is 13.4. The van der Waals surface area contributed by atoms with E-state index in [0.717, 1.165) is 5.56 Å². The number of amides is 3. The summed E-state index contributed by atoms with van der Waals surface area (Å²) in [5.74, 6) is -1.12. The predicted molar refractivity (Wildman–Crippen MR) is 156 cm³/mol. The molecule has 1 rings (SSSR count). The molecule has 1 aromatic carbocycles. The van der Waals surface area contributed by atoms with Crippen molar-refractivity contribution in [3.8, 4) is 0 Å². The summed E-state index contributed by atoms with van der Waals surface area (Å²) in [6.07, 6.45) is -0.692. The van der Waals surface area contributed by atoms with Gasteiger partial charge < -0.3 is 25.1 Å². The molecule has 3 N–H and O–H groups in total. The first-order valence-corrected chi connectivity index (χ1v) is 15.7. The fourth-order valence-electron chi connectivity index (χ4n) is 4.96. The molecule has 0 heterocycles. The summed E-state index contributed by atoms with van der Waals surface area (Å²) in [5, 5.41) is 8.39. The van der Waals surface area contributed by atoms with Crippen LogP contribution in [0.25, 0.3) is 0 Å². The second kappa shape index (κ2) is 14.1. The second-order valence-electron chi connectivity index (χ2n) is 12.2. The van der Waals surface area contributed by atoms with Crippen LogP contribution < -0.4 is 16.0 Å². The van der Waals surface area contributed by atoms with Crippen LogP contribution in [-0.2, 0) is 18.8 Å². The minimum atomic E-state index is -2.32. The van der Waals surface area contributed by atoms with E-state index >= 15 is 0 Å². The molecule has 0 unspecified atom stereocenters. The van der Waals surface area contributed by atoms with E-state index in [9.17, 15) is 14.4 Å². The molecule has 1 radical (unpaired) electrons. The Labute approximate surface area is 231 Å². The molecule has 9 heteroatoms. The monoisotopic (exact) mass is 548 g/mol. The van der Waals surface area contributed by atoms with Crippen LogP contribution >= 0.6 is 0 Å². The first-order valence-electron chi connectivity index (χ1n) is 13.6. The molecule has 1 aromatic rings. The average molecular weight is 549 g/mol. The van der Waals surface area contributed by atoms with Gasteiger partial charge in [-0.3, -0.25) is 9.59 Å². The third-order valence-corrected chi connectivity index (χ3v) is 12.8. The second-order valence-corrected chi connectivity index (χ2v) is 17.7. The lowest BCUT2D eigenvalue weighted by atomic mass is 10.0. The number of rotatable bonds is 12. The molecule has 0 aliphatic rings. The predicted octanol–water partition coefficient (Wildman–Crippen LogP) is 6.03. The van der Waals surface area contributed by atoms with Gasteiger partial charge in [-0.2, -0.15) is 0 Å². The number of alkyl carbamates (subject to hydrolysis) is 1. The van der Waals surface area contributed by atoms with Crippen molar-refractivity contribution in [2.75, 3.05) is 11.9 Å². The lowest BCUT2D eigenvalue weighted by Crippen LogP contribution is -2.58. The highest BCUT2D eigenvalue weighted by Crippen LogP contribution is 2.42. The standard InChI is InChI=1S/C29H50N3O5Si/c1-18(2)25(32-28(35)37-29(10,11)12)27(34)31-24(26(33)30-23-15-13-22(9)14-16-23)17-36-38(19(3)4,20(5)6)21(7)8/h13-16,18-21,24-25H,9,17H2,1-8,10-12H3,(H,30,33)(H,31,34)(H,32,35)/t24-,25-/m0/s1. The third-order valence-electron chi connectivity index (χ3n) is 6.68. The van der Waals surface area contributed by atoms with Gasteiger partial charge >= 0.3 is 6.09 Å². The number of carbonyl (C=O) groups is 3. The van der Waals surface area contributed by atoms with E-state index in [2.05, 4.69) is 64.4 Å². The highest BCUT2D eigenvalue weighted by Gasteiger charge is 2.46. The number of ether oxygens (including phenoxy) is 1. The van der Waals surface area contributed by atoms with E-state index in [-0.39, 0.29) is 12.5 Å². The molecule has 0 saturated heterocycles. The summed E-state index contributed by atoms with van der Waals surface area (Å²) in [6, 6.07) is 5.26. The first kappa shape index (κ1) is 33.6. The van der Waals surface area contributed by atoms with Gasteiger partial charge in [-0.25, -0.2) is 4.79 Å². The van der Waals surface area contributed by atoms with Crippen LogP contribution in [0.3, 0.4) is 0 Å². The quantitative estimate of drug-likeness (QED) is 0.276. The Balaban J connectivity index is 3.24. The molecule has 8 nitrogen and oxygen atoms in total. The zero-order valence-electron chi connectivity index (χ0n) is 25.2. The summed E-state index contributed by atoms with van der Waals surface area (Å²) < 4.78 is 12.0. The number of carbonyl (C=O) groups excluding carboxylic acids is 3. The molecular weight excluding hydrogens is 498 g/mol. The van der Waals surface area contributed by atoms with E-state index in [4.69, 9.17) is 9.16 Å². The molecule has 0 spiro atoms. The van der Waals surface area contributed by atoms with Gasteiger partial charge in [-0.15, -0.1) is 0 Å². The largest absolute Gasteiger partial charge is 0.444 e. The summed E-state index contributed by atoms with van der Waals surface area (Å²) in [4.78, 5) is 39.3. The Bertz CT molecular complexity index is 901. The van der Waals surface area contributed by atoms with Gasteiger partial charge in [0.2, 0.25) is 11.8 Å². The molecule has 3 amide bonds. The molecule has 215 valence electrons. The Morgan fingerprint density at radius 1 is 0.842 bits per heavy atom. The smallest absolute Gasteiger partial charge is 0.408 e. The molecule has 0 aliphatic heterocycles. The zero-order chi connectivity index (χ0) is 29.4.